The number of halogens is 1. The number of hydrogen-bond acceptors (Lipinski definition) is 2. The van der Waals surface area contributed by atoms with E-state index in [2.05, 4.69) is 5.32 Å². The van der Waals surface area contributed by atoms with E-state index in [-0.39, 0.29) is 23.8 Å². The summed E-state index contributed by atoms with van der Waals surface area (Å²) in [6, 6.07) is 4.66. The van der Waals surface area contributed by atoms with Crippen LogP contribution in [0.1, 0.15) is 26.3 Å². The van der Waals surface area contributed by atoms with Gasteiger partial charge in [-0.05, 0) is 45.4 Å². The maximum atomic E-state index is 13.4. The summed E-state index contributed by atoms with van der Waals surface area (Å²) >= 11 is 0. The molecular weight excluding hydrogens is 221 g/mol. The Kier molecular flexibility index (Phi) is 4.23. The Balaban J connectivity index is 2.57. The molecule has 0 aliphatic rings. The van der Waals surface area contributed by atoms with Crippen LogP contribution in [-0.2, 0) is 9.53 Å². The molecule has 0 radical (unpaired) electrons. The standard InChI is InChI=1S/C13H18FNO2/c1-9-5-6-11(10(14)7-9)15-12(16)8-17-13(2,3)4/h5-7H,8H2,1-4H3,(H,15,16). The van der Waals surface area contributed by atoms with Gasteiger partial charge >= 0.3 is 0 Å². The molecule has 0 heterocycles. The molecule has 0 aliphatic heterocycles. The van der Waals surface area contributed by atoms with Crippen LogP contribution in [0.4, 0.5) is 10.1 Å². The molecule has 1 aromatic carbocycles. The summed E-state index contributed by atoms with van der Waals surface area (Å²) in [5, 5.41) is 2.47. The van der Waals surface area contributed by atoms with Crippen LogP contribution in [0.15, 0.2) is 18.2 Å². The fraction of sp³-hybridized carbons (Fsp3) is 0.462. The van der Waals surface area contributed by atoms with Gasteiger partial charge in [0, 0.05) is 0 Å². The lowest BCUT2D eigenvalue weighted by molar-refractivity contribution is -0.125. The van der Waals surface area contributed by atoms with Crippen molar-refractivity contribution in [2.75, 3.05) is 11.9 Å². The Morgan fingerprint density at radius 1 is 1.41 bits per heavy atom. The van der Waals surface area contributed by atoms with Gasteiger partial charge in [-0.15, -0.1) is 0 Å². The molecule has 94 valence electrons. The van der Waals surface area contributed by atoms with Crippen molar-refractivity contribution in [3.63, 3.8) is 0 Å². The maximum Gasteiger partial charge on any atom is 0.250 e. The van der Waals surface area contributed by atoms with E-state index in [4.69, 9.17) is 4.74 Å². The molecule has 0 unspecified atom stereocenters. The van der Waals surface area contributed by atoms with Crippen LogP contribution in [0, 0.1) is 12.7 Å². The Labute approximate surface area is 101 Å². The lowest BCUT2D eigenvalue weighted by atomic mass is 10.2. The number of aryl methyl sites for hydroxylation is 1. The molecule has 1 N–H and O–H groups in total. The van der Waals surface area contributed by atoms with Crippen molar-refractivity contribution in [2.45, 2.75) is 33.3 Å². The molecule has 0 bridgehead atoms. The van der Waals surface area contributed by atoms with Crippen LogP contribution in [0.3, 0.4) is 0 Å². The highest BCUT2D eigenvalue weighted by atomic mass is 19.1. The fourth-order valence-corrected chi connectivity index (χ4v) is 1.19. The zero-order chi connectivity index (χ0) is 13.1. The molecule has 0 saturated carbocycles. The van der Waals surface area contributed by atoms with Crippen molar-refractivity contribution in [1.29, 1.82) is 0 Å². The SMILES string of the molecule is Cc1ccc(NC(=O)COC(C)(C)C)c(F)c1. The summed E-state index contributed by atoms with van der Waals surface area (Å²) < 4.78 is 18.7. The number of carbonyl (C=O) groups is 1. The van der Waals surface area contributed by atoms with Gasteiger partial charge in [-0.1, -0.05) is 6.07 Å². The van der Waals surface area contributed by atoms with Crippen molar-refractivity contribution >= 4 is 11.6 Å². The number of anilines is 1. The van der Waals surface area contributed by atoms with E-state index in [1.165, 1.54) is 6.07 Å². The van der Waals surface area contributed by atoms with Crippen LogP contribution in [-0.4, -0.2) is 18.1 Å². The topological polar surface area (TPSA) is 38.3 Å². The minimum Gasteiger partial charge on any atom is -0.366 e. The number of ether oxygens (including phenoxy) is 1. The van der Waals surface area contributed by atoms with Gasteiger partial charge < -0.3 is 10.1 Å². The highest BCUT2D eigenvalue weighted by Crippen LogP contribution is 2.15. The van der Waals surface area contributed by atoms with E-state index in [9.17, 15) is 9.18 Å². The predicted octanol–water partition coefficient (Wildman–Crippen LogP) is 2.89. The average Bonchev–Trinajstić information content (AvgIpc) is 2.18. The van der Waals surface area contributed by atoms with Crippen molar-refractivity contribution in [3.8, 4) is 0 Å². The van der Waals surface area contributed by atoms with E-state index in [1.807, 2.05) is 20.8 Å². The molecule has 1 amide bonds. The van der Waals surface area contributed by atoms with E-state index < -0.39 is 5.82 Å². The van der Waals surface area contributed by atoms with Crippen LogP contribution in [0.25, 0.3) is 0 Å². The van der Waals surface area contributed by atoms with Crippen molar-refractivity contribution in [3.05, 3.63) is 29.6 Å². The highest BCUT2D eigenvalue weighted by Gasteiger charge is 2.13. The van der Waals surface area contributed by atoms with Gasteiger partial charge in [0.25, 0.3) is 0 Å². The van der Waals surface area contributed by atoms with Gasteiger partial charge in [0.1, 0.15) is 12.4 Å². The highest BCUT2D eigenvalue weighted by molar-refractivity contribution is 5.91. The second-order valence-corrected chi connectivity index (χ2v) is 4.93. The third kappa shape index (κ3) is 4.95. The van der Waals surface area contributed by atoms with E-state index in [1.54, 1.807) is 19.1 Å². The molecule has 1 rings (SSSR count). The fourth-order valence-electron chi connectivity index (χ4n) is 1.19. The molecular formula is C13H18FNO2. The molecule has 3 nitrogen and oxygen atoms in total. The first kappa shape index (κ1) is 13.6. The Morgan fingerprint density at radius 2 is 2.06 bits per heavy atom. The second-order valence-electron chi connectivity index (χ2n) is 4.93. The first-order chi connectivity index (χ1) is 7.78. The number of carbonyl (C=O) groups excluding carboxylic acids is 1. The van der Waals surface area contributed by atoms with Gasteiger partial charge in [0.15, 0.2) is 0 Å². The largest absolute Gasteiger partial charge is 0.366 e. The molecule has 1 aromatic rings. The van der Waals surface area contributed by atoms with Crippen LogP contribution >= 0.6 is 0 Å². The third-order valence-corrected chi connectivity index (χ3v) is 2.03. The summed E-state index contributed by atoms with van der Waals surface area (Å²) in [5.74, 6) is -0.795. The van der Waals surface area contributed by atoms with Crippen LogP contribution < -0.4 is 5.32 Å². The molecule has 0 saturated heterocycles. The van der Waals surface area contributed by atoms with E-state index in [0.29, 0.717) is 0 Å². The first-order valence-corrected chi connectivity index (χ1v) is 5.48. The smallest absolute Gasteiger partial charge is 0.250 e. The molecule has 4 heteroatoms. The lowest BCUT2D eigenvalue weighted by Gasteiger charge is -2.19. The quantitative estimate of drug-likeness (QED) is 0.880. The van der Waals surface area contributed by atoms with Crippen LogP contribution in [0.5, 0.6) is 0 Å². The van der Waals surface area contributed by atoms with Crippen molar-refractivity contribution in [2.24, 2.45) is 0 Å². The number of hydrogen-bond donors (Lipinski definition) is 1. The number of nitrogens with one attached hydrogen (secondary N) is 1. The van der Waals surface area contributed by atoms with Crippen molar-refractivity contribution < 1.29 is 13.9 Å². The second kappa shape index (κ2) is 5.27. The molecule has 0 spiro atoms. The zero-order valence-corrected chi connectivity index (χ0v) is 10.6. The number of rotatable bonds is 3. The third-order valence-electron chi connectivity index (χ3n) is 2.03. The zero-order valence-electron chi connectivity index (χ0n) is 10.6. The first-order valence-electron chi connectivity index (χ1n) is 5.48. The predicted molar refractivity (Wildman–Crippen MR) is 65.5 cm³/mol. The van der Waals surface area contributed by atoms with Gasteiger partial charge in [0.2, 0.25) is 5.91 Å². The maximum absolute atomic E-state index is 13.4. The Bertz CT molecular complexity index is 410. The molecule has 0 aromatic heterocycles. The van der Waals surface area contributed by atoms with Crippen LogP contribution in [0.2, 0.25) is 0 Å². The van der Waals surface area contributed by atoms with E-state index >= 15 is 0 Å². The molecule has 0 aliphatic carbocycles. The summed E-state index contributed by atoms with van der Waals surface area (Å²) in [4.78, 5) is 11.5. The minimum absolute atomic E-state index is 0.0865. The number of amides is 1. The van der Waals surface area contributed by atoms with E-state index in [0.717, 1.165) is 5.56 Å². The summed E-state index contributed by atoms with van der Waals surface area (Å²) in [6.45, 7) is 7.26. The Hall–Kier alpha value is -1.42. The summed E-state index contributed by atoms with van der Waals surface area (Å²) in [7, 11) is 0. The summed E-state index contributed by atoms with van der Waals surface area (Å²) in [6.07, 6.45) is 0. The Morgan fingerprint density at radius 3 is 2.59 bits per heavy atom. The number of benzene rings is 1. The average molecular weight is 239 g/mol. The normalized spacial score (nSPS) is 11.4. The monoisotopic (exact) mass is 239 g/mol. The molecule has 0 atom stereocenters. The van der Waals surface area contributed by atoms with Crippen molar-refractivity contribution in [1.82, 2.24) is 0 Å². The van der Waals surface area contributed by atoms with Gasteiger partial charge in [-0.2, -0.15) is 0 Å². The lowest BCUT2D eigenvalue weighted by Crippen LogP contribution is -2.27. The minimum atomic E-state index is -0.436. The van der Waals surface area contributed by atoms with Gasteiger partial charge in [0.05, 0.1) is 11.3 Å². The molecule has 17 heavy (non-hydrogen) atoms. The van der Waals surface area contributed by atoms with Gasteiger partial charge in [-0.25, -0.2) is 4.39 Å². The molecule has 0 fully saturated rings. The summed E-state index contributed by atoms with van der Waals surface area (Å²) in [5.41, 5.74) is 0.605. The van der Waals surface area contributed by atoms with Gasteiger partial charge in [-0.3, -0.25) is 4.79 Å².